The van der Waals surface area contributed by atoms with Crippen LogP contribution >= 0.6 is 0 Å². The number of rotatable bonds is 0. The molecular formula is C8H21NOSi. The van der Waals surface area contributed by atoms with Crippen molar-refractivity contribution in [2.45, 2.75) is 51.4 Å². The zero-order chi connectivity index (χ0) is 7.83. The van der Waals surface area contributed by atoms with Crippen LogP contribution in [0.25, 0.3) is 0 Å². The molecule has 1 aliphatic heterocycles. The van der Waals surface area contributed by atoms with Crippen molar-refractivity contribution in [2.75, 3.05) is 0 Å². The molecular weight excluding hydrogens is 154 g/mol. The van der Waals surface area contributed by atoms with Gasteiger partial charge in [0, 0.05) is 0 Å². The summed E-state index contributed by atoms with van der Waals surface area (Å²) < 4.78 is 6.00. The Kier molecular flexibility index (Phi) is 3.29. The zero-order valence-electron chi connectivity index (χ0n) is 8.24. The topological polar surface area (TPSA) is 44.2 Å². The second-order valence-electron chi connectivity index (χ2n) is 4.48. The van der Waals surface area contributed by atoms with Crippen LogP contribution in [0.4, 0.5) is 0 Å². The molecule has 1 heterocycles. The zero-order valence-corrected chi connectivity index (χ0v) is 9.24. The van der Waals surface area contributed by atoms with Gasteiger partial charge in [0.1, 0.15) is 0 Å². The first-order valence-electron chi connectivity index (χ1n) is 4.12. The molecule has 1 rings (SSSR count). The van der Waals surface area contributed by atoms with E-state index in [1.807, 2.05) is 0 Å². The number of hydrogen-bond donors (Lipinski definition) is 1. The molecule has 68 valence electrons. The molecule has 0 radical (unpaired) electrons. The van der Waals surface area contributed by atoms with Crippen LogP contribution in [0.1, 0.15) is 26.7 Å². The molecule has 1 fully saturated rings. The van der Waals surface area contributed by atoms with Gasteiger partial charge in [-0.05, 0) is 39.4 Å². The third-order valence-corrected chi connectivity index (χ3v) is 4.77. The molecule has 0 aromatic heterocycles. The van der Waals surface area contributed by atoms with Gasteiger partial charge in [-0.3, -0.25) is 0 Å². The molecule has 0 atom stereocenters. The molecule has 11 heavy (non-hydrogen) atoms. The van der Waals surface area contributed by atoms with Crippen LogP contribution in [-0.2, 0) is 4.43 Å². The van der Waals surface area contributed by atoms with Gasteiger partial charge in [0.2, 0.25) is 0 Å². The van der Waals surface area contributed by atoms with Crippen molar-refractivity contribution >= 4 is 8.32 Å². The first-order valence-corrected chi connectivity index (χ1v) is 7.23. The lowest BCUT2D eigenvalue weighted by Gasteiger charge is -2.40. The summed E-state index contributed by atoms with van der Waals surface area (Å²) in [5, 5.41) is 0. The summed E-state index contributed by atoms with van der Waals surface area (Å²) >= 11 is 0. The molecule has 0 bridgehead atoms. The first kappa shape index (κ1) is 11.1. The summed E-state index contributed by atoms with van der Waals surface area (Å²) in [6, 6.07) is 1.34. The molecule has 1 aliphatic rings. The maximum atomic E-state index is 6.00. The van der Waals surface area contributed by atoms with Crippen LogP contribution in [0.15, 0.2) is 0 Å². The molecule has 0 amide bonds. The van der Waals surface area contributed by atoms with Crippen molar-refractivity contribution in [1.82, 2.24) is 6.15 Å². The average molecular weight is 175 g/mol. The van der Waals surface area contributed by atoms with Crippen LogP contribution in [0.5, 0.6) is 0 Å². The normalized spacial score (nSPS) is 27.3. The Bertz CT molecular complexity index is 120. The largest absolute Gasteiger partial charge is 0.412 e. The van der Waals surface area contributed by atoms with E-state index in [2.05, 4.69) is 26.9 Å². The van der Waals surface area contributed by atoms with Crippen molar-refractivity contribution < 1.29 is 4.43 Å². The minimum atomic E-state index is -1.23. The van der Waals surface area contributed by atoms with E-state index in [-0.39, 0.29) is 11.8 Å². The first-order chi connectivity index (χ1) is 4.41. The van der Waals surface area contributed by atoms with Gasteiger partial charge in [0.05, 0.1) is 5.60 Å². The van der Waals surface area contributed by atoms with E-state index >= 15 is 0 Å². The van der Waals surface area contributed by atoms with E-state index in [1.165, 1.54) is 18.9 Å². The quantitative estimate of drug-likeness (QED) is 0.575. The molecule has 0 unspecified atom stereocenters. The van der Waals surface area contributed by atoms with E-state index in [0.717, 1.165) is 0 Å². The van der Waals surface area contributed by atoms with Gasteiger partial charge in [-0.2, -0.15) is 0 Å². The van der Waals surface area contributed by atoms with Crippen molar-refractivity contribution in [2.24, 2.45) is 0 Å². The minimum Gasteiger partial charge on any atom is -0.412 e. The van der Waals surface area contributed by atoms with Crippen LogP contribution in [0, 0.1) is 0 Å². The highest BCUT2D eigenvalue weighted by molar-refractivity contribution is 6.71. The highest BCUT2D eigenvalue weighted by Gasteiger charge is 2.35. The van der Waals surface area contributed by atoms with Gasteiger partial charge in [0.25, 0.3) is 0 Å². The highest BCUT2D eigenvalue weighted by atomic mass is 28.4. The van der Waals surface area contributed by atoms with Crippen molar-refractivity contribution in [1.29, 1.82) is 0 Å². The summed E-state index contributed by atoms with van der Waals surface area (Å²) in [7, 11) is -1.23. The SMILES string of the molecule is CC1(C)CCC[Si](C)(C)O1.N. The fourth-order valence-electron chi connectivity index (χ4n) is 1.79. The second kappa shape index (κ2) is 3.25. The van der Waals surface area contributed by atoms with Gasteiger partial charge < -0.3 is 10.6 Å². The summed E-state index contributed by atoms with van der Waals surface area (Å²) in [6.45, 7) is 9.05. The summed E-state index contributed by atoms with van der Waals surface area (Å²) in [5.74, 6) is 0. The Morgan fingerprint density at radius 1 is 1.27 bits per heavy atom. The van der Waals surface area contributed by atoms with E-state index in [4.69, 9.17) is 4.43 Å². The Morgan fingerprint density at radius 3 is 2.09 bits per heavy atom. The standard InChI is InChI=1S/C8H18OSi.H3N/c1-8(2)6-5-7-10(3,4)9-8;/h5-7H2,1-4H3;1H3. The maximum absolute atomic E-state index is 6.00. The lowest BCUT2D eigenvalue weighted by molar-refractivity contribution is 0.0723. The van der Waals surface area contributed by atoms with Gasteiger partial charge in [-0.25, -0.2) is 0 Å². The Labute approximate surface area is 71.0 Å². The lowest BCUT2D eigenvalue weighted by Crippen LogP contribution is -2.44. The smallest absolute Gasteiger partial charge is 0.187 e. The van der Waals surface area contributed by atoms with E-state index in [9.17, 15) is 0 Å². The minimum absolute atomic E-state index is 0. The van der Waals surface area contributed by atoms with Crippen LogP contribution in [-0.4, -0.2) is 13.9 Å². The van der Waals surface area contributed by atoms with Gasteiger partial charge >= 0.3 is 0 Å². The predicted molar refractivity (Wildman–Crippen MR) is 51.7 cm³/mol. The third-order valence-electron chi connectivity index (χ3n) is 2.11. The molecule has 3 N–H and O–H groups in total. The second-order valence-corrected chi connectivity index (χ2v) is 8.70. The molecule has 0 saturated carbocycles. The van der Waals surface area contributed by atoms with Gasteiger partial charge in [-0.15, -0.1) is 0 Å². The Morgan fingerprint density at radius 2 is 1.82 bits per heavy atom. The molecule has 0 aliphatic carbocycles. The number of hydrogen-bond acceptors (Lipinski definition) is 2. The van der Waals surface area contributed by atoms with Gasteiger partial charge in [0.15, 0.2) is 8.32 Å². The average Bonchev–Trinajstić information content (AvgIpc) is 1.56. The van der Waals surface area contributed by atoms with Crippen molar-refractivity contribution in [3.8, 4) is 0 Å². The van der Waals surface area contributed by atoms with Crippen molar-refractivity contribution in [3.63, 3.8) is 0 Å². The molecule has 2 nitrogen and oxygen atoms in total. The molecule has 0 aromatic rings. The van der Waals surface area contributed by atoms with E-state index in [0.29, 0.717) is 0 Å². The fourth-order valence-corrected chi connectivity index (χ4v) is 4.52. The molecule has 1 saturated heterocycles. The van der Waals surface area contributed by atoms with Crippen LogP contribution < -0.4 is 6.15 Å². The predicted octanol–water partition coefficient (Wildman–Crippen LogP) is 2.94. The molecule has 0 spiro atoms. The molecule has 3 heteroatoms. The maximum Gasteiger partial charge on any atom is 0.187 e. The van der Waals surface area contributed by atoms with E-state index in [1.54, 1.807) is 0 Å². The van der Waals surface area contributed by atoms with Crippen LogP contribution in [0.2, 0.25) is 19.1 Å². The van der Waals surface area contributed by atoms with Gasteiger partial charge in [-0.1, -0.05) is 6.42 Å². The monoisotopic (exact) mass is 175 g/mol. The van der Waals surface area contributed by atoms with E-state index < -0.39 is 8.32 Å². The summed E-state index contributed by atoms with van der Waals surface area (Å²) in [6.07, 6.45) is 2.61. The third kappa shape index (κ3) is 3.36. The summed E-state index contributed by atoms with van der Waals surface area (Å²) in [4.78, 5) is 0. The summed E-state index contributed by atoms with van der Waals surface area (Å²) in [5.41, 5.74) is 0.175. The molecule has 0 aromatic carbocycles. The lowest BCUT2D eigenvalue weighted by atomic mass is 10.0. The van der Waals surface area contributed by atoms with Crippen LogP contribution in [0.3, 0.4) is 0 Å². The Balaban J connectivity index is 0.000001000. The fraction of sp³-hybridized carbons (Fsp3) is 1.00. The Hall–Kier alpha value is 0.137. The van der Waals surface area contributed by atoms with Crippen molar-refractivity contribution in [3.05, 3.63) is 0 Å². The highest BCUT2D eigenvalue weighted by Crippen LogP contribution is 2.32.